The van der Waals surface area contributed by atoms with Gasteiger partial charge in [-0.15, -0.1) is 0 Å². The van der Waals surface area contributed by atoms with E-state index in [-0.39, 0.29) is 18.0 Å². The van der Waals surface area contributed by atoms with Crippen molar-refractivity contribution in [1.29, 1.82) is 0 Å². The van der Waals surface area contributed by atoms with Crippen molar-refractivity contribution in [3.8, 4) is 11.3 Å². The molecule has 1 heterocycles. The van der Waals surface area contributed by atoms with E-state index in [9.17, 15) is 9.59 Å². The second kappa shape index (κ2) is 7.28. The monoisotopic (exact) mass is 349 g/mol. The summed E-state index contributed by atoms with van der Waals surface area (Å²) in [4.78, 5) is 27.1. The maximum absolute atomic E-state index is 13.0. The molecule has 2 aromatic rings. The highest BCUT2D eigenvalue weighted by molar-refractivity contribution is 5.78. The Balaban J connectivity index is 1.58. The summed E-state index contributed by atoms with van der Waals surface area (Å²) >= 11 is 0. The van der Waals surface area contributed by atoms with E-state index < -0.39 is 0 Å². The second-order valence-electron chi connectivity index (χ2n) is 7.02. The van der Waals surface area contributed by atoms with Crippen LogP contribution in [0.15, 0.2) is 59.0 Å². The molecule has 26 heavy (non-hydrogen) atoms. The van der Waals surface area contributed by atoms with Gasteiger partial charge in [-0.3, -0.25) is 9.59 Å². The molecule has 1 amide bonds. The lowest BCUT2D eigenvalue weighted by Crippen LogP contribution is -2.38. The van der Waals surface area contributed by atoms with Crippen LogP contribution in [-0.2, 0) is 11.3 Å². The molecule has 4 rings (SSSR count). The van der Waals surface area contributed by atoms with Gasteiger partial charge in [0.1, 0.15) is 6.54 Å². The van der Waals surface area contributed by atoms with Gasteiger partial charge in [0.15, 0.2) is 0 Å². The van der Waals surface area contributed by atoms with E-state index in [4.69, 9.17) is 0 Å². The number of rotatable bonds is 5. The highest BCUT2D eigenvalue weighted by Crippen LogP contribution is 2.33. The standard InChI is InChI=1S/C21H23N3O2/c25-20-14-13-19(16-7-3-1-4-8-16)22-23(20)15-21(26)24(18-11-12-18)17-9-5-2-6-10-17/h1,3-4,7-9,13-14,18H,2,5-6,10-12,15H2. The first-order chi connectivity index (χ1) is 12.7. The topological polar surface area (TPSA) is 55.2 Å². The van der Waals surface area contributed by atoms with E-state index in [0.29, 0.717) is 11.7 Å². The van der Waals surface area contributed by atoms with Crippen molar-refractivity contribution in [2.24, 2.45) is 0 Å². The van der Waals surface area contributed by atoms with Crippen LogP contribution in [0.25, 0.3) is 11.3 Å². The predicted molar refractivity (Wildman–Crippen MR) is 100 cm³/mol. The minimum atomic E-state index is -0.244. The minimum Gasteiger partial charge on any atom is -0.312 e. The Labute approximate surface area is 153 Å². The quantitative estimate of drug-likeness (QED) is 0.832. The number of aromatic nitrogens is 2. The van der Waals surface area contributed by atoms with E-state index in [2.05, 4.69) is 11.2 Å². The van der Waals surface area contributed by atoms with Gasteiger partial charge in [-0.1, -0.05) is 36.4 Å². The maximum atomic E-state index is 13.0. The molecule has 0 radical (unpaired) electrons. The average molecular weight is 349 g/mol. The number of amides is 1. The molecule has 134 valence electrons. The second-order valence-corrected chi connectivity index (χ2v) is 7.02. The van der Waals surface area contributed by atoms with Crippen molar-refractivity contribution in [2.75, 3.05) is 0 Å². The van der Waals surface area contributed by atoms with Gasteiger partial charge in [0.05, 0.1) is 5.69 Å². The molecule has 1 fully saturated rings. The van der Waals surface area contributed by atoms with Gasteiger partial charge >= 0.3 is 0 Å². The van der Waals surface area contributed by atoms with Crippen molar-refractivity contribution in [3.05, 3.63) is 64.6 Å². The third-order valence-electron chi connectivity index (χ3n) is 4.98. The lowest BCUT2D eigenvalue weighted by Gasteiger charge is -2.28. The van der Waals surface area contributed by atoms with Crippen LogP contribution in [0.3, 0.4) is 0 Å². The van der Waals surface area contributed by atoms with Gasteiger partial charge in [-0.25, -0.2) is 4.68 Å². The van der Waals surface area contributed by atoms with Crippen LogP contribution in [0.2, 0.25) is 0 Å². The molecule has 1 saturated carbocycles. The Kier molecular flexibility index (Phi) is 4.69. The molecule has 5 heteroatoms. The van der Waals surface area contributed by atoms with Crippen molar-refractivity contribution < 1.29 is 4.79 Å². The molecular weight excluding hydrogens is 326 g/mol. The fourth-order valence-electron chi connectivity index (χ4n) is 3.50. The third kappa shape index (κ3) is 3.62. The average Bonchev–Trinajstić information content (AvgIpc) is 3.50. The summed E-state index contributed by atoms with van der Waals surface area (Å²) in [6, 6.07) is 13.2. The highest BCUT2D eigenvalue weighted by Gasteiger charge is 2.35. The summed E-state index contributed by atoms with van der Waals surface area (Å²) in [5.41, 5.74) is 2.53. The molecule has 0 unspecified atom stereocenters. The zero-order valence-electron chi connectivity index (χ0n) is 14.8. The molecule has 0 atom stereocenters. The van der Waals surface area contributed by atoms with Gasteiger partial charge in [0.25, 0.3) is 5.56 Å². The summed E-state index contributed by atoms with van der Waals surface area (Å²) in [6.45, 7) is -0.00660. The molecule has 2 aliphatic rings. The van der Waals surface area contributed by atoms with Crippen LogP contribution in [0.1, 0.15) is 38.5 Å². The van der Waals surface area contributed by atoms with Crippen LogP contribution in [0.5, 0.6) is 0 Å². The van der Waals surface area contributed by atoms with Crippen molar-refractivity contribution in [2.45, 2.75) is 51.1 Å². The summed E-state index contributed by atoms with van der Waals surface area (Å²) in [6.07, 6.45) is 8.60. The molecule has 1 aromatic carbocycles. The van der Waals surface area contributed by atoms with Gasteiger partial charge in [0.2, 0.25) is 5.91 Å². The summed E-state index contributed by atoms with van der Waals surface area (Å²) < 4.78 is 1.30. The van der Waals surface area contributed by atoms with E-state index in [1.165, 1.54) is 17.2 Å². The van der Waals surface area contributed by atoms with E-state index in [0.717, 1.165) is 43.4 Å². The number of benzene rings is 1. The number of nitrogens with zero attached hydrogens (tertiary/aromatic N) is 3. The Hall–Kier alpha value is -2.69. The number of carbonyl (C=O) groups is 1. The summed E-state index contributed by atoms with van der Waals surface area (Å²) in [5, 5.41) is 4.43. The lowest BCUT2D eigenvalue weighted by molar-refractivity contribution is -0.130. The largest absolute Gasteiger partial charge is 0.312 e. The fraction of sp³-hybridized carbons (Fsp3) is 0.381. The zero-order chi connectivity index (χ0) is 17.9. The molecule has 0 saturated heterocycles. The van der Waals surface area contributed by atoms with Crippen LogP contribution < -0.4 is 5.56 Å². The third-order valence-corrected chi connectivity index (χ3v) is 4.98. The molecule has 5 nitrogen and oxygen atoms in total. The normalized spacial score (nSPS) is 16.8. The fourth-order valence-corrected chi connectivity index (χ4v) is 3.50. The smallest absolute Gasteiger partial charge is 0.267 e. The van der Waals surface area contributed by atoms with Crippen LogP contribution in [0.4, 0.5) is 0 Å². The summed E-state index contributed by atoms with van der Waals surface area (Å²) in [5.74, 6) is -0.0274. The molecule has 0 aliphatic heterocycles. The van der Waals surface area contributed by atoms with Crippen molar-refractivity contribution in [1.82, 2.24) is 14.7 Å². The van der Waals surface area contributed by atoms with Crippen LogP contribution >= 0.6 is 0 Å². The first-order valence-corrected chi connectivity index (χ1v) is 9.37. The van der Waals surface area contributed by atoms with Crippen LogP contribution in [0, 0.1) is 0 Å². The Bertz CT molecular complexity index is 882. The van der Waals surface area contributed by atoms with Gasteiger partial charge < -0.3 is 4.90 Å². The van der Waals surface area contributed by atoms with Gasteiger partial charge in [-0.2, -0.15) is 5.10 Å². The SMILES string of the molecule is O=C(Cn1nc(-c2ccccc2)ccc1=O)N(C1=CCCCC1)C1CC1. The van der Waals surface area contributed by atoms with Gasteiger partial charge in [-0.05, 0) is 44.6 Å². The van der Waals surface area contributed by atoms with E-state index in [1.807, 2.05) is 35.2 Å². The number of allylic oxidation sites excluding steroid dienone is 2. The van der Waals surface area contributed by atoms with Crippen LogP contribution in [-0.4, -0.2) is 26.6 Å². The molecular formula is C21H23N3O2. The number of hydrogen-bond donors (Lipinski definition) is 0. The first kappa shape index (κ1) is 16.8. The maximum Gasteiger partial charge on any atom is 0.267 e. The Morgan fingerprint density at radius 1 is 1.12 bits per heavy atom. The van der Waals surface area contributed by atoms with E-state index in [1.54, 1.807) is 6.07 Å². The van der Waals surface area contributed by atoms with E-state index >= 15 is 0 Å². The Morgan fingerprint density at radius 2 is 1.92 bits per heavy atom. The molecule has 1 aromatic heterocycles. The molecule has 0 N–H and O–H groups in total. The molecule has 2 aliphatic carbocycles. The number of carbonyl (C=O) groups excluding carboxylic acids is 1. The van der Waals surface area contributed by atoms with Gasteiger partial charge in [0, 0.05) is 23.4 Å². The summed E-state index contributed by atoms with van der Waals surface area (Å²) in [7, 11) is 0. The lowest BCUT2D eigenvalue weighted by atomic mass is 10.0. The highest BCUT2D eigenvalue weighted by atomic mass is 16.2. The van der Waals surface area contributed by atoms with Crippen molar-refractivity contribution >= 4 is 5.91 Å². The molecule has 0 spiro atoms. The molecule has 0 bridgehead atoms. The van der Waals surface area contributed by atoms with Crippen molar-refractivity contribution in [3.63, 3.8) is 0 Å². The zero-order valence-corrected chi connectivity index (χ0v) is 14.8. The minimum absolute atomic E-state index is 0.00660. The Morgan fingerprint density at radius 3 is 2.62 bits per heavy atom. The predicted octanol–water partition coefficient (Wildman–Crippen LogP) is 3.36. The first-order valence-electron chi connectivity index (χ1n) is 9.37. The number of hydrogen-bond acceptors (Lipinski definition) is 3.